The Morgan fingerprint density at radius 2 is 0.429 bits per heavy atom. The minimum absolute atomic E-state index is 0.858. The predicted molar refractivity (Wildman–Crippen MR) is 468 cm³/mol. The molecule has 0 amide bonds. The quantitative estimate of drug-likeness (QED) is 0.137. The van der Waals surface area contributed by atoms with E-state index in [9.17, 15) is 0 Å². The van der Waals surface area contributed by atoms with Crippen molar-refractivity contribution in [3.63, 3.8) is 0 Å². The van der Waals surface area contributed by atoms with Gasteiger partial charge in [-0.3, -0.25) is 0 Å². The van der Waals surface area contributed by atoms with Crippen molar-refractivity contribution in [2.45, 2.75) is 0 Å². The van der Waals surface area contributed by atoms with Crippen molar-refractivity contribution in [3.05, 3.63) is 388 Å². The van der Waals surface area contributed by atoms with Gasteiger partial charge in [0.1, 0.15) is 22.3 Å². The third-order valence-corrected chi connectivity index (χ3v) is 23.8. The van der Waals surface area contributed by atoms with Gasteiger partial charge in [-0.1, -0.05) is 237 Å². The number of furan rings is 2. The Labute approximate surface area is 642 Å². The summed E-state index contributed by atoms with van der Waals surface area (Å²) in [6.45, 7) is 0. The first-order chi connectivity index (χ1) is 55.5. The molecular formula is C106H64N4O2. The molecule has 0 fully saturated rings. The van der Waals surface area contributed by atoms with E-state index in [1.54, 1.807) is 0 Å². The zero-order valence-electron chi connectivity index (χ0n) is 60.6. The van der Waals surface area contributed by atoms with Gasteiger partial charge in [0.05, 0.1) is 44.1 Å². The van der Waals surface area contributed by atoms with E-state index in [2.05, 4.69) is 394 Å². The third kappa shape index (κ3) is 9.46. The Morgan fingerprint density at radius 1 is 0.134 bits per heavy atom. The summed E-state index contributed by atoms with van der Waals surface area (Å²) in [6.07, 6.45) is 0. The summed E-state index contributed by atoms with van der Waals surface area (Å²) in [7, 11) is 0. The minimum atomic E-state index is 0.858. The molecule has 6 aromatic heterocycles. The average molecular weight is 1430 g/mol. The summed E-state index contributed by atoms with van der Waals surface area (Å²) >= 11 is 0. The number of nitrogens with zero attached hydrogens (tertiary/aromatic N) is 4. The normalized spacial score (nSPS) is 12.1. The van der Waals surface area contributed by atoms with E-state index in [0.717, 1.165) is 94.4 Å². The topological polar surface area (TPSA) is 46.0 Å². The van der Waals surface area contributed by atoms with Crippen molar-refractivity contribution in [3.8, 4) is 89.5 Å². The molecule has 0 aliphatic heterocycles. The third-order valence-electron chi connectivity index (χ3n) is 23.8. The van der Waals surface area contributed by atoms with Gasteiger partial charge >= 0.3 is 0 Å². The van der Waals surface area contributed by atoms with Crippen LogP contribution in [0.3, 0.4) is 0 Å². The molecule has 6 heterocycles. The Morgan fingerprint density at radius 3 is 0.884 bits per heavy atom. The molecule has 0 aliphatic rings. The van der Waals surface area contributed by atoms with Gasteiger partial charge in [0.25, 0.3) is 0 Å². The number of hydrogen-bond donors (Lipinski definition) is 0. The molecule has 112 heavy (non-hydrogen) atoms. The van der Waals surface area contributed by atoms with Crippen LogP contribution in [0.4, 0.5) is 0 Å². The van der Waals surface area contributed by atoms with Gasteiger partial charge in [-0.25, -0.2) is 0 Å². The monoisotopic (exact) mass is 1420 g/mol. The van der Waals surface area contributed by atoms with Crippen LogP contribution in [0.2, 0.25) is 0 Å². The van der Waals surface area contributed by atoms with Crippen LogP contribution in [-0.2, 0) is 0 Å². The summed E-state index contributed by atoms with van der Waals surface area (Å²) in [4.78, 5) is 0. The first kappa shape index (κ1) is 62.1. The Balaban J connectivity index is 0.526. The highest BCUT2D eigenvalue weighted by Gasteiger charge is 2.23. The smallest absolute Gasteiger partial charge is 0.136 e. The fraction of sp³-hybridized carbons (Fsp3) is 0. The average Bonchev–Trinajstić information content (AvgIpc) is 1.82. The van der Waals surface area contributed by atoms with Crippen LogP contribution in [0.5, 0.6) is 0 Å². The van der Waals surface area contributed by atoms with Crippen LogP contribution in [0.15, 0.2) is 397 Å². The first-order valence-corrected chi connectivity index (χ1v) is 38.4. The molecule has 18 aromatic carbocycles. The second kappa shape index (κ2) is 24.3. The molecule has 520 valence electrons. The molecule has 0 atom stereocenters. The van der Waals surface area contributed by atoms with Crippen molar-refractivity contribution in [1.82, 2.24) is 18.3 Å². The van der Waals surface area contributed by atoms with Gasteiger partial charge < -0.3 is 27.1 Å². The molecule has 0 N–H and O–H groups in total. The highest BCUT2D eigenvalue weighted by molar-refractivity contribution is 6.17. The van der Waals surface area contributed by atoms with Crippen LogP contribution in [-0.4, -0.2) is 18.3 Å². The molecule has 6 heteroatoms. The van der Waals surface area contributed by atoms with Gasteiger partial charge in [-0.15, -0.1) is 0 Å². The number of fused-ring (bicyclic) bond motifs is 19. The molecule has 0 aliphatic carbocycles. The molecule has 24 rings (SSSR count). The second-order valence-corrected chi connectivity index (χ2v) is 29.8. The van der Waals surface area contributed by atoms with Crippen molar-refractivity contribution in [1.29, 1.82) is 0 Å². The maximum atomic E-state index is 6.82. The van der Waals surface area contributed by atoms with E-state index in [1.807, 2.05) is 12.1 Å². The van der Waals surface area contributed by atoms with Gasteiger partial charge in [-0.2, -0.15) is 0 Å². The highest BCUT2D eigenvalue weighted by Crippen LogP contribution is 2.46. The van der Waals surface area contributed by atoms with Crippen molar-refractivity contribution < 1.29 is 8.83 Å². The van der Waals surface area contributed by atoms with Crippen LogP contribution in [0.25, 0.3) is 231 Å². The van der Waals surface area contributed by atoms with Crippen molar-refractivity contribution >= 4 is 142 Å². The first-order valence-electron chi connectivity index (χ1n) is 38.4. The van der Waals surface area contributed by atoms with Gasteiger partial charge in [0.2, 0.25) is 0 Å². The van der Waals surface area contributed by atoms with Gasteiger partial charge in [0, 0.05) is 87.4 Å². The molecule has 0 saturated carbocycles. The van der Waals surface area contributed by atoms with Crippen LogP contribution >= 0.6 is 0 Å². The Hall–Kier alpha value is -15.0. The summed E-state index contributed by atoms with van der Waals surface area (Å²) in [5.41, 5.74) is 31.5. The maximum Gasteiger partial charge on any atom is 0.136 e. The van der Waals surface area contributed by atoms with Crippen LogP contribution in [0, 0.1) is 0 Å². The molecule has 24 aromatic rings. The van der Waals surface area contributed by atoms with Crippen LogP contribution in [0.1, 0.15) is 0 Å². The fourth-order valence-electron chi connectivity index (χ4n) is 18.6. The summed E-state index contributed by atoms with van der Waals surface area (Å²) in [5, 5.41) is 16.5. The summed E-state index contributed by atoms with van der Waals surface area (Å²) in [5.74, 6) is 0. The van der Waals surface area contributed by atoms with Crippen molar-refractivity contribution in [2.75, 3.05) is 0 Å². The number of hydrogen-bond acceptors (Lipinski definition) is 2. The highest BCUT2D eigenvalue weighted by atomic mass is 16.3. The Kier molecular flexibility index (Phi) is 13.5. The Bertz CT molecular complexity index is 8060. The largest absolute Gasteiger partial charge is 0.456 e. The molecule has 0 radical (unpaired) electrons. The van der Waals surface area contributed by atoms with E-state index in [4.69, 9.17) is 8.83 Å². The molecule has 0 bridgehead atoms. The number of rotatable bonds is 10. The molecule has 0 unspecified atom stereocenters. The van der Waals surface area contributed by atoms with Crippen LogP contribution < -0.4 is 0 Å². The molecular weight excluding hydrogens is 1360 g/mol. The minimum Gasteiger partial charge on any atom is -0.456 e. The fourth-order valence-corrected chi connectivity index (χ4v) is 18.6. The van der Waals surface area contributed by atoms with E-state index >= 15 is 0 Å². The predicted octanol–water partition coefficient (Wildman–Crippen LogP) is 29.0. The molecule has 0 saturated heterocycles. The standard InChI is InChI=1S/C106H64N4O2/c1-2-18-65(19-3-1)77-20-4-5-21-78(77)66-36-45-73(46-37-66)107-95-31-11-6-22-83(95)89-58-68(41-52-99(89)107)71-44-55-102-92(61-71)86-25-9-14-34-98(86)110(102)76-50-57-105-94(64-76)88-51-40-72(62-106(88)112-105)80-28-17-29-81-79(27-16-30-82(80)81)67-38-47-74(48-39-67)108-96-32-12-7-23-84(96)90-59-69(42-53-100(90)108)70-43-54-101-91(60-70)85-24-8-13-33-97(85)109(101)75-49-56-104-93(63-75)87-26-10-15-35-103(87)111-104/h1-64H. The number of para-hydroxylation sites is 5. The summed E-state index contributed by atoms with van der Waals surface area (Å²) < 4.78 is 22.7. The SMILES string of the molecule is c1ccc(-c2ccccc2-c2ccc(-n3c4ccccc4c4cc(-c5ccc6c(c5)c5ccccc5n6-c5ccc6oc7cc(-c8cccc9c(-c%10ccc(-n%11c%12ccccc%12c%12cc(-c%13ccc%14c(c%13)c%13ccccc%13n%14-c%13ccc%14oc%15ccccc%15c%14c%13)ccc%12%11)cc%10)cccc89)ccc7c6c5)ccc43)cc2)cc1. The lowest BCUT2D eigenvalue weighted by Crippen LogP contribution is -1.94. The molecule has 0 spiro atoms. The molecule has 6 nitrogen and oxygen atoms in total. The summed E-state index contributed by atoms with van der Waals surface area (Å²) in [6, 6.07) is 142. The lowest BCUT2D eigenvalue weighted by molar-refractivity contribution is 0.668. The van der Waals surface area contributed by atoms with E-state index in [1.165, 1.54) is 137 Å². The van der Waals surface area contributed by atoms with Gasteiger partial charge in [-0.05, 0) is 229 Å². The van der Waals surface area contributed by atoms with Gasteiger partial charge in [0.15, 0.2) is 0 Å². The van der Waals surface area contributed by atoms with E-state index in [0.29, 0.717) is 0 Å². The van der Waals surface area contributed by atoms with E-state index in [-0.39, 0.29) is 0 Å². The number of aromatic nitrogens is 4. The zero-order chi connectivity index (χ0) is 73.2. The zero-order valence-corrected chi connectivity index (χ0v) is 60.6. The van der Waals surface area contributed by atoms with Crippen molar-refractivity contribution in [2.24, 2.45) is 0 Å². The van der Waals surface area contributed by atoms with E-state index < -0.39 is 0 Å². The lowest BCUT2D eigenvalue weighted by atomic mass is 9.92. The second-order valence-electron chi connectivity index (χ2n) is 29.8. The maximum absolute atomic E-state index is 6.82. The lowest BCUT2D eigenvalue weighted by Gasteiger charge is -2.13. The number of benzene rings is 18.